The second-order valence-corrected chi connectivity index (χ2v) is 16.0. The number of methoxy groups -OCH3 is 1. The van der Waals surface area contributed by atoms with Crippen molar-refractivity contribution in [3.63, 3.8) is 0 Å². The molecule has 5 aromatic rings. The normalized spacial score (nSPS) is 18.6. The highest BCUT2D eigenvalue weighted by atomic mass is 32.2. The summed E-state index contributed by atoms with van der Waals surface area (Å²) in [6.07, 6.45) is 2.88. The van der Waals surface area contributed by atoms with Crippen molar-refractivity contribution in [1.82, 2.24) is 50.0 Å². The maximum Gasteiger partial charge on any atom is 0.407 e. The second-order valence-electron chi connectivity index (χ2n) is 14.7. The fourth-order valence-electron chi connectivity index (χ4n) is 7.13. The van der Waals surface area contributed by atoms with Crippen LogP contribution in [0.1, 0.15) is 30.9 Å². The molecule has 1 saturated heterocycles. The van der Waals surface area contributed by atoms with E-state index in [0.717, 1.165) is 35.0 Å². The number of nitrogens with one attached hydrogen (secondary N) is 3. The van der Waals surface area contributed by atoms with Crippen LogP contribution in [-0.2, 0) is 33.3 Å². The monoisotopic (exact) mass is 905 g/mol. The molecule has 64 heavy (non-hydrogen) atoms. The SMILES string of the molecule is C/C=C(\COC(=O)NCCC[C@@]1(c2ccccc2)SC(c2cc(F)ccc2F)=NN1C(=O)N(C)OC)C(=O)N[C@@H]1CN(c2nc(Nc3cn(C)nc3OC)c3ncn(C)c3n2)C[C@H]1F. The summed E-state index contributed by atoms with van der Waals surface area (Å²) in [4.78, 5) is 59.2. The van der Waals surface area contributed by atoms with Gasteiger partial charge in [-0.1, -0.05) is 48.2 Å². The van der Waals surface area contributed by atoms with E-state index in [4.69, 9.17) is 14.3 Å². The molecule has 0 bridgehead atoms. The van der Waals surface area contributed by atoms with E-state index >= 15 is 8.78 Å². The lowest BCUT2D eigenvalue weighted by molar-refractivity contribution is -0.118. The number of amides is 4. The van der Waals surface area contributed by atoms with Gasteiger partial charge in [0.05, 0.1) is 44.9 Å². The number of alkyl halides is 1. The topological polar surface area (TPSA) is 198 Å². The Morgan fingerprint density at radius 2 is 1.86 bits per heavy atom. The standard InChI is InChI=1S/C41H46F3N13O6S/c1-7-24(35(58)48-30-21-56(19-29(30)44)38-49-33(32-34(50-38)53(2)23-46-32)47-31-20-54(3)51-36(31)61-5)22-63-39(59)45-17-11-16-41(25-12-9-8-10-13-25)57(40(60)55(4)62-6)52-37(64-41)27-18-26(42)14-15-28(27)43/h7-10,12-15,18,20,23,29-30H,11,16-17,19,21-22H2,1-6H3,(H,45,59)(H,48,58)(H,47,49,50)/b24-7+/t29-,30-,41+/m1/s1. The number of thioether (sulfide) groups is 1. The average molecular weight is 906 g/mol. The van der Waals surface area contributed by atoms with Crippen LogP contribution >= 0.6 is 11.8 Å². The average Bonchev–Trinajstić information content (AvgIpc) is 4.07. The fraction of sp³-hybridized carbons (Fsp3) is 0.366. The second kappa shape index (κ2) is 19.2. The number of ether oxygens (including phenoxy) is 2. The Kier molecular flexibility index (Phi) is 13.6. The third kappa shape index (κ3) is 9.39. The minimum Gasteiger partial charge on any atom is -0.478 e. The van der Waals surface area contributed by atoms with Gasteiger partial charge in [0.2, 0.25) is 5.95 Å². The summed E-state index contributed by atoms with van der Waals surface area (Å²) in [5, 5.41) is 19.5. The Morgan fingerprint density at radius 1 is 1.08 bits per heavy atom. The molecule has 338 valence electrons. The number of allylic oxidation sites excluding steroid dienone is 1. The van der Waals surface area contributed by atoms with Crippen LogP contribution in [-0.4, -0.2) is 122 Å². The summed E-state index contributed by atoms with van der Waals surface area (Å²) in [5.74, 6) is -1.14. The molecule has 3 atom stereocenters. The molecule has 7 rings (SSSR count). The molecule has 0 unspecified atom stereocenters. The van der Waals surface area contributed by atoms with Crippen molar-refractivity contribution in [2.24, 2.45) is 19.2 Å². The molecule has 19 nitrogen and oxygen atoms in total. The van der Waals surface area contributed by atoms with Crippen molar-refractivity contribution >= 4 is 63.5 Å². The highest BCUT2D eigenvalue weighted by Crippen LogP contribution is 2.51. The molecule has 3 aromatic heterocycles. The van der Waals surface area contributed by atoms with Crippen LogP contribution in [0.4, 0.5) is 40.2 Å². The predicted molar refractivity (Wildman–Crippen MR) is 231 cm³/mol. The molecular weight excluding hydrogens is 860 g/mol. The number of aryl methyl sites for hydroxylation is 2. The molecule has 3 N–H and O–H groups in total. The van der Waals surface area contributed by atoms with Gasteiger partial charge in [0.15, 0.2) is 17.0 Å². The number of anilines is 3. The van der Waals surface area contributed by atoms with E-state index < -0.39 is 53.4 Å². The fourth-order valence-corrected chi connectivity index (χ4v) is 8.54. The zero-order chi connectivity index (χ0) is 45.7. The van der Waals surface area contributed by atoms with Crippen molar-refractivity contribution in [1.29, 1.82) is 0 Å². The van der Waals surface area contributed by atoms with E-state index in [2.05, 4.69) is 41.1 Å². The van der Waals surface area contributed by atoms with Gasteiger partial charge < -0.3 is 34.9 Å². The molecule has 0 spiro atoms. The van der Waals surface area contributed by atoms with Gasteiger partial charge in [0.1, 0.15) is 40.0 Å². The van der Waals surface area contributed by atoms with E-state index in [1.165, 1.54) is 32.4 Å². The van der Waals surface area contributed by atoms with Crippen LogP contribution in [0.3, 0.4) is 0 Å². The number of hydroxylamine groups is 2. The Bertz CT molecular complexity index is 2590. The van der Waals surface area contributed by atoms with Gasteiger partial charge in [0.25, 0.3) is 11.8 Å². The predicted octanol–water partition coefficient (Wildman–Crippen LogP) is 5.10. The number of hydrogen-bond donors (Lipinski definition) is 3. The Labute approximate surface area is 369 Å². The van der Waals surface area contributed by atoms with Gasteiger partial charge in [0, 0.05) is 39.8 Å². The minimum absolute atomic E-state index is 0.0432. The zero-order valence-corrected chi connectivity index (χ0v) is 36.5. The first-order chi connectivity index (χ1) is 30.7. The number of nitrogens with zero attached hydrogens (tertiary/aromatic N) is 10. The molecular formula is C41H46F3N13O6S. The van der Waals surface area contributed by atoms with Crippen LogP contribution in [0, 0.1) is 11.6 Å². The molecule has 0 saturated carbocycles. The van der Waals surface area contributed by atoms with Gasteiger partial charge >= 0.3 is 12.1 Å². The molecule has 2 aliphatic heterocycles. The van der Waals surface area contributed by atoms with Gasteiger partial charge in [-0.25, -0.2) is 32.8 Å². The number of alkyl carbamates (subject to hydrolysis) is 1. The Balaban J connectivity index is 0.961. The Morgan fingerprint density at radius 3 is 2.59 bits per heavy atom. The molecule has 23 heteroatoms. The van der Waals surface area contributed by atoms with E-state index in [-0.39, 0.29) is 54.6 Å². The summed E-state index contributed by atoms with van der Waals surface area (Å²) < 4.78 is 59.0. The molecule has 0 radical (unpaired) electrons. The van der Waals surface area contributed by atoms with Crippen LogP contribution in [0.5, 0.6) is 5.88 Å². The van der Waals surface area contributed by atoms with Crippen LogP contribution in [0.2, 0.25) is 0 Å². The summed E-state index contributed by atoms with van der Waals surface area (Å²) in [5.41, 5.74) is 2.09. The van der Waals surface area contributed by atoms with Crippen molar-refractivity contribution < 1.29 is 41.9 Å². The third-order valence-corrected chi connectivity index (χ3v) is 11.9. The van der Waals surface area contributed by atoms with Crippen molar-refractivity contribution in [3.05, 3.63) is 95.5 Å². The summed E-state index contributed by atoms with van der Waals surface area (Å²) >= 11 is 1.07. The van der Waals surface area contributed by atoms with Crippen LogP contribution < -0.4 is 25.6 Å². The van der Waals surface area contributed by atoms with Crippen molar-refractivity contribution in [3.8, 4) is 5.88 Å². The number of hydrazone groups is 1. The molecule has 2 aliphatic rings. The zero-order valence-electron chi connectivity index (χ0n) is 35.7. The number of hydrogen-bond acceptors (Lipinski definition) is 14. The summed E-state index contributed by atoms with van der Waals surface area (Å²) in [7, 11) is 7.71. The number of aromatic nitrogens is 6. The van der Waals surface area contributed by atoms with Crippen LogP contribution in [0.15, 0.2) is 77.8 Å². The quantitative estimate of drug-likeness (QED) is 0.0714. The molecule has 1 fully saturated rings. The Hall–Kier alpha value is -6.88. The maximum absolute atomic E-state index is 15.6. The smallest absolute Gasteiger partial charge is 0.407 e. The first kappa shape index (κ1) is 45.2. The van der Waals surface area contributed by atoms with Gasteiger partial charge in [-0.15, -0.1) is 5.10 Å². The number of carbonyl (C=O) groups is 3. The lowest BCUT2D eigenvalue weighted by Gasteiger charge is -2.37. The number of halogens is 3. The largest absolute Gasteiger partial charge is 0.478 e. The number of carbonyl (C=O) groups excluding carboxylic acids is 3. The molecule has 5 heterocycles. The van der Waals surface area contributed by atoms with E-state index in [0.29, 0.717) is 34.1 Å². The lowest BCUT2D eigenvalue weighted by atomic mass is 10.0. The third-order valence-electron chi connectivity index (χ3n) is 10.5. The number of imidazole rings is 1. The van der Waals surface area contributed by atoms with Gasteiger partial charge in [-0.05, 0) is 43.5 Å². The molecule has 4 amide bonds. The molecule has 0 aliphatic carbocycles. The lowest BCUT2D eigenvalue weighted by Crippen LogP contribution is -2.47. The van der Waals surface area contributed by atoms with E-state index in [1.807, 2.05) is 0 Å². The highest BCUT2D eigenvalue weighted by Gasteiger charge is 2.50. The number of benzene rings is 2. The maximum atomic E-state index is 15.6. The highest BCUT2D eigenvalue weighted by molar-refractivity contribution is 8.15. The minimum atomic E-state index is -1.49. The van der Waals surface area contributed by atoms with Crippen molar-refractivity contribution in [2.45, 2.75) is 36.8 Å². The van der Waals surface area contributed by atoms with E-state index in [1.54, 1.807) is 78.0 Å². The van der Waals surface area contributed by atoms with Crippen molar-refractivity contribution in [2.75, 3.05) is 57.7 Å². The molecule has 2 aromatic carbocycles. The number of rotatable bonds is 15. The number of urea groups is 1. The first-order valence-corrected chi connectivity index (χ1v) is 20.8. The van der Waals surface area contributed by atoms with Gasteiger partial charge in [-0.3, -0.25) is 14.3 Å². The van der Waals surface area contributed by atoms with Gasteiger partial charge in [-0.2, -0.15) is 20.1 Å². The van der Waals surface area contributed by atoms with E-state index in [9.17, 15) is 18.8 Å². The number of fused-ring (bicyclic) bond motifs is 1. The summed E-state index contributed by atoms with van der Waals surface area (Å²) in [6, 6.07) is 10.3. The first-order valence-electron chi connectivity index (χ1n) is 19.9. The van der Waals surface area contributed by atoms with Crippen LogP contribution in [0.25, 0.3) is 11.2 Å². The summed E-state index contributed by atoms with van der Waals surface area (Å²) in [6.45, 7) is 1.16.